The number of rotatable bonds is 8. The second-order valence-corrected chi connectivity index (χ2v) is 7.33. The molecular weight excluding hydrogens is 335 g/mol. The standard InChI is InChI=1S/C15H23N2O6P/c1-3-22-24(20,23-4-2)12-13-11-14(17(18)19)5-6-15(13)16-7-9-21-10-8-16/h5-6,11H,3-4,7-10,12H2,1-2H3. The molecule has 0 bridgehead atoms. The van der Waals surface area contributed by atoms with Crippen molar-refractivity contribution in [2.75, 3.05) is 44.4 Å². The highest BCUT2D eigenvalue weighted by atomic mass is 31.2. The van der Waals surface area contributed by atoms with Gasteiger partial charge in [-0.15, -0.1) is 0 Å². The van der Waals surface area contributed by atoms with Crippen LogP contribution in [0.2, 0.25) is 0 Å². The lowest BCUT2D eigenvalue weighted by molar-refractivity contribution is -0.384. The first-order valence-electron chi connectivity index (χ1n) is 7.97. The van der Waals surface area contributed by atoms with E-state index in [9.17, 15) is 14.7 Å². The highest BCUT2D eigenvalue weighted by molar-refractivity contribution is 7.53. The molecule has 1 fully saturated rings. The largest absolute Gasteiger partial charge is 0.378 e. The highest BCUT2D eigenvalue weighted by Crippen LogP contribution is 2.52. The van der Waals surface area contributed by atoms with Crippen LogP contribution < -0.4 is 4.90 Å². The number of nitro benzene ring substituents is 1. The zero-order valence-electron chi connectivity index (χ0n) is 14.0. The summed E-state index contributed by atoms with van der Waals surface area (Å²) in [5.41, 5.74) is 1.36. The topological polar surface area (TPSA) is 91.1 Å². The van der Waals surface area contributed by atoms with E-state index in [0.29, 0.717) is 31.9 Å². The van der Waals surface area contributed by atoms with E-state index >= 15 is 0 Å². The third-order valence-corrected chi connectivity index (χ3v) is 5.67. The van der Waals surface area contributed by atoms with Crippen LogP contribution in [-0.2, 0) is 24.5 Å². The quantitative estimate of drug-likeness (QED) is 0.400. The van der Waals surface area contributed by atoms with Gasteiger partial charge in [0.2, 0.25) is 0 Å². The molecule has 2 rings (SSSR count). The third kappa shape index (κ3) is 4.77. The molecule has 0 unspecified atom stereocenters. The molecule has 0 N–H and O–H groups in total. The van der Waals surface area contributed by atoms with Crippen LogP contribution >= 0.6 is 7.60 Å². The summed E-state index contributed by atoms with van der Waals surface area (Å²) in [6.45, 7) is 6.51. The summed E-state index contributed by atoms with van der Waals surface area (Å²) < 4.78 is 28.9. The molecule has 1 heterocycles. The monoisotopic (exact) mass is 358 g/mol. The van der Waals surface area contributed by atoms with E-state index in [1.807, 2.05) is 0 Å². The van der Waals surface area contributed by atoms with Crippen LogP contribution in [0.1, 0.15) is 19.4 Å². The van der Waals surface area contributed by atoms with Gasteiger partial charge in [-0.2, -0.15) is 0 Å². The average molecular weight is 358 g/mol. The van der Waals surface area contributed by atoms with Crippen LogP contribution in [0.3, 0.4) is 0 Å². The first kappa shape index (κ1) is 18.9. The Bertz CT molecular complexity index is 608. The molecule has 24 heavy (non-hydrogen) atoms. The fourth-order valence-corrected chi connectivity index (χ4v) is 4.37. The number of benzene rings is 1. The van der Waals surface area contributed by atoms with Crippen molar-refractivity contribution in [3.8, 4) is 0 Å². The van der Waals surface area contributed by atoms with Gasteiger partial charge in [-0.3, -0.25) is 14.7 Å². The normalized spacial score (nSPS) is 15.5. The van der Waals surface area contributed by atoms with Gasteiger partial charge in [-0.05, 0) is 25.5 Å². The predicted octanol–water partition coefficient (Wildman–Crippen LogP) is 3.20. The van der Waals surface area contributed by atoms with Gasteiger partial charge < -0.3 is 18.7 Å². The van der Waals surface area contributed by atoms with Crippen molar-refractivity contribution < 1.29 is 23.3 Å². The first-order chi connectivity index (χ1) is 11.5. The van der Waals surface area contributed by atoms with E-state index in [-0.39, 0.29) is 25.1 Å². The van der Waals surface area contributed by atoms with Gasteiger partial charge >= 0.3 is 7.60 Å². The highest BCUT2D eigenvalue weighted by Gasteiger charge is 2.28. The molecule has 0 aliphatic carbocycles. The molecule has 1 aromatic carbocycles. The molecule has 1 aliphatic heterocycles. The van der Waals surface area contributed by atoms with E-state index in [2.05, 4.69) is 4.90 Å². The maximum absolute atomic E-state index is 12.8. The minimum atomic E-state index is -3.35. The van der Waals surface area contributed by atoms with Crippen LogP contribution in [0.25, 0.3) is 0 Å². The lowest BCUT2D eigenvalue weighted by atomic mass is 10.1. The molecule has 0 spiro atoms. The third-order valence-electron chi connectivity index (χ3n) is 3.64. The fourth-order valence-electron chi connectivity index (χ4n) is 2.66. The Kier molecular flexibility index (Phi) is 6.74. The van der Waals surface area contributed by atoms with Crippen molar-refractivity contribution in [2.45, 2.75) is 20.0 Å². The minimum absolute atomic E-state index is 0.00303. The smallest absolute Gasteiger partial charge is 0.335 e. The van der Waals surface area contributed by atoms with Crippen molar-refractivity contribution in [2.24, 2.45) is 0 Å². The zero-order valence-corrected chi connectivity index (χ0v) is 14.9. The van der Waals surface area contributed by atoms with Gasteiger partial charge in [0, 0.05) is 30.9 Å². The Balaban J connectivity index is 2.37. The van der Waals surface area contributed by atoms with Crippen molar-refractivity contribution in [3.05, 3.63) is 33.9 Å². The second-order valence-electron chi connectivity index (χ2n) is 5.27. The van der Waals surface area contributed by atoms with E-state index in [1.54, 1.807) is 19.9 Å². The summed E-state index contributed by atoms with van der Waals surface area (Å²) >= 11 is 0. The molecule has 0 amide bonds. The van der Waals surface area contributed by atoms with Gasteiger partial charge in [0.1, 0.15) is 0 Å². The predicted molar refractivity (Wildman–Crippen MR) is 90.7 cm³/mol. The summed E-state index contributed by atoms with van der Waals surface area (Å²) in [5, 5.41) is 11.1. The van der Waals surface area contributed by atoms with Crippen LogP contribution in [0, 0.1) is 10.1 Å². The molecule has 1 saturated heterocycles. The number of ether oxygens (including phenoxy) is 1. The Labute approximate surface area is 141 Å². The molecule has 0 radical (unpaired) electrons. The van der Waals surface area contributed by atoms with Crippen LogP contribution in [-0.4, -0.2) is 44.4 Å². The van der Waals surface area contributed by atoms with Crippen LogP contribution in [0.4, 0.5) is 11.4 Å². The Morgan fingerprint density at radius 1 is 1.25 bits per heavy atom. The van der Waals surface area contributed by atoms with Crippen molar-refractivity contribution in [1.29, 1.82) is 0 Å². The zero-order chi connectivity index (χ0) is 17.6. The summed E-state index contributed by atoms with van der Waals surface area (Å²) in [5.74, 6) is 0. The van der Waals surface area contributed by atoms with Gasteiger partial charge in [-0.25, -0.2) is 0 Å². The Hall–Kier alpha value is -1.47. The summed E-state index contributed by atoms with van der Waals surface area (Å²) in [6.07, 6.45) is 0.00303. The van der Waals surface area contributed by atoms with Crippen molar-refractivity contribution in [3.63, 3.8) is 0 Å². The Morgan fingerprint density at radius 3 is 2.42 bits per heavy atom. The van der Waals surface area contributed by atoms with Gasteiger partial charge in [0.15, 0.2) is 0 Å². The number of morpholine rings is 1. The lowest BCUT2D eigenvalue weighted by Crippen LogP contribution is -2.36. The maximum Gasteiger partial charge on any atom is 0.335 e. The van der Waals surface area contributed by atoms with E-state index in [0.717, 1.165) is 5.69 Å². The van der Waals surface area contributed by atoms with E-state index in [1.165, 1.54) is 12.1 Å². The molecule has 8 nitrogen and oxygen atoms in total. The molecule has 9 heteroatoms. The lowest BCUT2D eigenvalue weighted by Gasteiger charge is -2.31. The molecule has 1 aromatic rings. The van der Waals surface area contributed by atoms with Gasteiger partial charge in [0.25, 0.3) is 5.69 Å². The van der Waals surface area contributed by atoms with Gasteiger partial charge in [-0.1, -0.05) is 0 Å². The second kappa shape index (κ2) is 8.58. The summed E-state index contributed by atoms with van der Waals surface area (Å²) in [4.78, 5) is 12.7. The maximum atomic E-state index is 12.8. The summed E-state index contributed by atoms with van der Waals surface area (Å²) in [6, 6.07) is 4.61. The number of hydrogen-bond donors (Lipinski definition) is 0. The molecule has 1 aliphatic rings. The number of hydrogen-bond acceptors (Lipinski definition) is 7. The Morgan fingerprint density at radius 2 is 1.88 bits per heavy atom. The molecule has 0 atom stereocenters. The SMILES string of the molecule is CCOP(=O)(Cc1cc([N+](=O)[O-])ccc1N1CCOCC1)OCC. The van der Waals surface area contributed by atoms with Crippen molar-refractivity contribution >= 4 is 19.0 Å². The van der Waals surface area contributed by atoms with Crippen molar-refractivity contribution in [1.82, 2.24) is 0 Å². The van der Waals surface area contributed by atoms with E-state index in [4.69, 9.17) is 13.8 Å². The van der Waals surface area contributed by atoms with E-state index < -0.39 is 12.5 Å². The number of nitrogens with zero attached hydrogens (tertiary/aromatic N) is 2. The van der Waals surface area contributed by atoms with Gasteiger partial charge in [0.05, 0.1) is 37.5 Å². The van der Waals surface area contributed by atoms with Crippen LogP contribution in [0.15, 0.2) is 18.2 Å². The minimum Gasteiger partial charge on any atom is -0.378 e. The number of anilines is 1. The van der Waals surface area contributed by atoms with Crippen LogP contribution in [0.5, 0.6) is 0 Å². The molecule has 0 saturated carbocycles. The number of non-ortho nitro benzene ring substituents is 1. The molecular formula is C15H23N2O6P. The molecule has 0 aromatic heterocycles. The number of nitro groups is 1. The summed E-state index contributed by atoms with van der Waals surface area (Å²) in [7, 11) is -3.35. The fraction of sp³-hybridized carbons (Fsp3) is 0.600. The molecule has 134 valence electrons. The first-order valence-corrected chi connectivity index (χ1v) is 9.70. The average Bonchev–Trinajstić information content (AvgIpc) is 2.55.